The number of halogens is 1. The lowest BCUT2D eigenvalue weighted by Gasteiger charge is -2.19. The molecule has 1 aliphatic rings. The van der Waals surface area contributed by atoms with Gasteiger partial charge in [0.15, 0.2) is 5.11 Å². The molecule has 2 aromatic rings. The molecule has 1 unspecified atom stereocenters. The van der Waals surface area contributed by atoms with E-state index in [-0.39, 0.29) is 24.0 Å². The van der Waals surface area contributed by atoms with Crippen molar-refractivity contribution >= 4 is 41.0 Å². The third-order valence-electron chi connectivity index (χ3n) is 4.55. The van der Waals surface area contributed by atoms with Gasteiger partial charge in [0.2, 0.25) is 0 Å². The number of carbonyl (C=O) groups is 2. The summed E-state index contributed by atoms with van der Waals surface area (Å²) in [7, 11) is 1.59. The van der Waals surface area contributed by atoms with Crippen LogP contribution < -0.4 is 9.64 Å². The summed E-state index contributed by atoms with van der Waals surface area (Å²) in [6, 6.07) is 11.9. The van der Waals surface area contributed by atoms with Gasteiger partial charge in [-0.05, 0) is 67.2 Å². The standard InChI is InChI=1S/C22H21FN2O4S/c1-3-29-20(26)14-19-21(27)25(17-8-6-16(23)7-9-17)22(30)24(19)13-12-15-4-10-18(28-2)11-5-15/h4-13,19H,3,14H2,1-2H3/b13-12+. The van der Waals surface area contributed by atoms with E-state index in [1.54, 1.807) is 31.2 Å². The molecule has 3 rings (SSSR count). The average molecular weight is 428 g/mol. The molecule has 0 spiro atoms. The average Bonchev–Trinajstić information content (AvgIpc) is 2.97. The zero-order valence-electron chi connectivity index (χ0n) is 16.6. The number of hydrogen-bond acceptors (Lipinski definition) is 5. The molecule has 0 bridgehead atoms. The largest absolute Gasteiger partial charge is 0.497 e. The van der Waals surface area contributed by atoms with E-state index in [0.29, 0.717) is 5.69 Å². The van der Waals surface area contributed by atoms with Crippen molar-refractivity contribution in [2.45, 2.75) is 19.4 Å². The molecule has 2 aromatic carbocycles. The van der Waals surface area contributed by atoms with Crippen LogP contribution in [0.3, 0.4) is 0 Å². The van der Waals surface area contributed by atoms with Gasteiger partial charge in [0.1, 0.15) is 17.6 Å². The molecule has 0 saturated carbocycles. The zero-order chi connectivity index (χ0) is 21.7. The Bertz CT molecular complexity index is 960. The Labute approximate surface area is 179 Å². The van der Waals surface area contributed by atoms with E-state index in [1.165, 1.54) is 29.2 Å². The number of thiocarbonyl (C=S) groups is 1. The van der Waals surface area contributed by atoms with Crippen LogP contribution in [0.25, 0.3) is 6.08 Å². The van der Waals surface area contributed by atoms with Gasteiger partial charge >= 0.3 is 5.97 Å². The van der Waals surface area contributed by atoms with Gasteiger partial charge in [-0.3, -0.25) is 14.5 Å². The molecule has 0 radical (unpaired) electrons. The first-order valence-electron chi connectivity index (χ1n) is 9.34. The molecular weight excluding hydrogens is 407 g/mol. The molecule has 0 aromatic heterocycles. The second-order valence-corrected chi connectivity index (χ2v) is 6.82. The minimum Gasteiger partial charge on any atom is -0.497 e. The lowest BCUT2D eigenvalue weighted by atomic mass is 10.1. The second-order valence-electron chi connectivity index (χ2n) is 6.45. The van der Waals surface area contributed by atoms with E-state index in [0.717, 1.165) is 11.3 Å². The van der Waals surface area contributed by atoms with Crippen LogP contribution >= 0.6 is 12.2 Å². The number of rotatable bonds is 7. The van der Waals surface area contributed by atoms with Crippen molar-refractivity contribution in [3.05, 3.63) is 66.1 Å². The predicted octanol–water partition coefficient (Wildman–Crippen LogP) is 3.76. The normalized spacial score (nSPS) is 16.4. The molecule has 1 aliphatic heterocycles. The number of carbonyl (C=O) groups excluding carboxylic acids is 2. The van der Waals surface area contributed by atoms with E-state index in [4.69, 9.17) is 21.7 Å². The highest BCUT2D eigenvalue weighted by molar-refractivity contribution is 7.80. The topological polar surface area (TPSA) is 59.1 Å². The van der Waals surface area contributed by atoms with Gasteiger partial charge in [-0.25, -0.2) is 4.39 Å². The number of esters is 1. The Balaban J connectivity index is 1.90. The number of anilines is 1. The summed E-state index contributed by atoms with van der Waals surface area (Å²) in [5.74, 6) is -0.571. The SMILES string of the molecule is CCOC(=O)CC1C(=O)N(c2ccc(F)cc2)C(=S)N1/C=C/c1ccc(OC)cc1. The maximum Gasteiger partial charge on any atom is 0.308 e. The Morgan fingerprint density at radius 1 is 1.17 bits per heavy atom. The molecule has 1 saturated heterocycles. The minimum atomic E-state index is -0.851. The summed E-state index contributed by atoms with van der Waals surface area (Å²) < 4.78 is 23.5. The van der Waals surface area contributed by atoms with Crippen LogP contribution in [0.15, 0.2) is 54.7 Å². The van der Waals surface area contributed by atoms with E-state index in [9.17, 15) is 14.0 Å². The van der Waals surface area contributed by atoms with Crippen LogP contribution in [0.2, 0.25) is 0 Å². The van der Waals surface area contributed by atoms with E-state index in [1.807, 2.05) is 24.3 Å². The van der Waals surface area contributed by atoms with E-state index < -0.39 is 17.8 Å². The van der Waals surface area contributed by atoms with Crippen LogP contribution in [-0.2, 0) is 14.3 Å². The number of methoxy groups -OCH3 is 1. The smallest absolute Gasteiger partial charge is 0.308 e. The van der Waals surface area contributed by atoms with E-state index >= 15 is 0 Å². The Hall–Kier alpha value is -3.26. The van der Waals surface area contributed by atoms with Crippen molar-refractivity contribution in [1.29, 1.82) is 0 Å². The summed E-state index contributed by atoms with van der Waals surface area (Å²) in [4.78, 5) is 28.0. The quantitative estimate of drug-likeness (QED) is 0.494. The number of ether oxygens (including phenoxy) is 2. The fourth-order valence-corrected chi connectivity index (χ4v) is 3.43. The molecule has 0 N–H and O–H groups in total. The summed E-state index contributed by atoms with van der Waals surface area (Å²) >= 11 is 5.52. The molecule has 1 atom stereocenters. The third kappa shape index (κ3) is 4.65. The Kier molecular flexibility index (Phi) is 6.79. The monoisotopic (exact) mass is 428 g/mol. The number of amides is 1. The molecular formula is C22H21FN2O4S. The first kappa shape index (κ1) is 21.4. The van der Waals surface area contributed by atoms with Gasteiger partial charge in [0, 0.05) is 6.20 Å². The number of hydrogen-bond donors (Lipinski definition) is 0. The van der Waals surface area contributed by atoms with Crippen molar-refractivity contribution in [2.24, 2.45) is 0 Å². The van der Waals surface area contributed by atoms with Crippen molar-refractivity contribution in [1.82, 2.24) is 4.90 Å². The molecule has 8 heteroatoms. The van der Waals surface area contributed by atoms with Gasteiger partial charge in [0.05, 0.1) is 25.8 Å². The molecule has 30 heavy (non-hydrogen) atoms. The van der Waals surface area contributed by atoms with Crippen LogP contribution in [0.5, 0.6) is 5.75 Å². The Morgan fingerprint density at radius 2 is 1.83 bits per heavy atom. The van der Waals surface area contributed by atoms with E-state index in [2.05, 4.69) is 0 Å². The summed E-state index contributed by atoms with van der Waals surface area (Å²) in [5, 5.41) is 0.200. The first-order valence-corrected chi connectivity index (χ1v) is 9.75. The third-order valence-corrected chi connectivity index (χ3v) is 4.94. The highest BCUT2D eigenvalue weighted by Gasteiger charge is 2.43. The van der Waals surface area contributed by atoms with Crippen LogP contribution in [-0.4, -0.2) is 41.6 Å². The predicted molar refractivity (Wildman–Crippen MR) is 115 cm³/mol. The van der Waals surface area contributed by atoms with Gasteiger partial charge < -0.3 is 14.4 Å². The number of benzene rings is 2. The van der Waals surface area contributed by atoms with Gasteiger partial charge in [-0.15, -0.1) is 0 Å². The molecule has 156 valence electrons. The van der Waals surface area contributed by atoms with Gasteiger partial charge in [0.25, 0.3) is 5.91 Å². The molecule has 1 heterocycles. The lowest BCUT2D eigenvalue weighted by molar-refractivity contribution is -0.145. The summed E-state index contributed by atoms with van der Waals surface area (Å²) in [6.07, 6.45) is 3.29. The summed E-state index contributed by atoms with van der Waals surface area (Å²) in [5.41, 5.74) is 1.29. The van der Waals surface area contributed by atoms with Crippen molar-refractivity contribution in [3.8, 4) is 5.75 Å². The van der Waals surface area contributed by atoms with Crippen molar-refractivity contribution in [3.63, 3.8) is 0 Å². The summed E-state index contributed by atoms with van der Waals surface area (Å²) in [6.45, 7) is 1.92. The molecule has 6 nitrogen and oxygen atoms in total. The molecule has 1 amide bonds. The fourth-order valence-electron chi connectivity index (χ4n) is 3.05. The maximum atomic E-state index is 13.3. The van der Waals surface area contributed by atoms with Crippen LogP contribution in [0.1, 0.15) is 18.9 Å². The highest BCUT2D eigenvalue weighted by Crippen LogP contribution is 2.28. The van der Waals surface area contributed by atoms with Gasteiger partial charge in [-0.2, -0.15) is 0 Å². The zero-order valence-corrected chi connectivity index (χ0v) is 17.4. The van der Waals surface area contributed by atoms with Crippen molar-refractivity contribution < 1.29 is 23.5 Å². The first-order chi connectivity index (χ1) is 14.4. The molecule has 1 fully saturated rings. The molecule has 0 aliphatic carbocycles. The Morgan fingerprint density at radius 3 is 2.43 bits per heavy atom. The fraction of sp³-hybridized carbons (Fsp3) is 0.227. The highest BCUT2D eigenvalue weighted by atomic mass is 32.1. The van der Waals surface area contributed by atoms with Crippen LogP contribution in [0.4, 0.5) is 10.1 Å². The maximum absolute atomic E-state index is 13.3. The lowest BCUT2D eigenvalue weighted by Crippen LogP contribution is -2.33. The minimum absolute atomic E-state index is 0.155. The van der Waals surface area contributed by atoms with Crippen LogP contribution in [0, 0.1) is 5.82 Å². The second kappa shape index (κ2) is 9.49. The van der Waals surface area contributed by atoms with Crippen molar-refractivity contribution in [2.75, 3.05) is 18.6 Å². The van der Waals surface area contributed by atoms with Gasteiger partial charge in [-0.1, -0.05) is 12.1 Å². The number of nitrogens with zero attached hydrogens (tertiary/aromatic N) is 2.